The lowest BCUT2D eigenvalue weighted by Gasteiger charge is -2.26. The van der Waals surface area contributed by atoms with Crippen LogP contribution in [0.5, 0.6) is 0 Å². The van der Waals surface area contributed by atoms with Crippen LogP contribution in [0.25, 0.3) is 0 Å². The summed E-state index contributed by atoms with van der Waals surface area (Å²) in [6.07, 6.45) is 0.784. The van der Waals surface area contributed by atoms with E-state index in [2.05, 4.69) is 10.0 Å². The maximum absolute atomic E-state index is 12.1. The van der Waals surface area contributed by atoms with E-state index >= 15 is 0 Å². The summed E-state index contributed by atoms with van der Waals surface area (Å²) in [6, 6.07) is 1.27. The molecular weight excluding hydrogens is 328 g/mol. The van der Waals surface area contributed by atoms with Gasteiger partial charge in [-0.2, -0.15) is 0 Å². The number of thiophene rings is 1. The van der Waals surface area contributed by atoms with E-state index in [1.54, 1.807) is 13.8 Å². The van der Waals surface area contributed by atoms with Crippen LogP contribution in [0.1, 0.15) is 36.4 Å². The molecule has 1 rings (SSSR count). The normalized spacial score (nSPS) is 12.1. The van der Waals surface area contributed by atoms with Gasteiger partial charge in [-0.15, -0.1) is 11.3 Å². The minimum atomic E-state index is -3.59. The Kier molecular flexibility index (Phi) is 6.09. The zero-order valence-electron chi connectivity index (χ0n) is 12.7. The number of sulfonamides is 1. The number of nitrogens with one attached hydrogen (secondary N) is 2. The number of carboxylic acid groups (broad SMARTS) is 1. The molecule has 7 nitrogen and oxygen atoms in total. The first-order chi connectivity index (χ1) is 10.2. The van der Waals surface area contributed by atoms with Crippen molar-refractivity contribution in [2.75, 3.05) is 13.6 Å². The molecular formula is C13H20N2O5S2. The minimum absolute atomic E-state index is 0.000176. The first kappa shape index (κ1) is 18.6. The molecule has 124 valence electrons. The zero-order chi connectivity index (χ0) is 17.0. The van der Waals surface area contributed by atoms with Crippen LogP contribution in [0.3, 0.4) is 0 Å². The lowest BCUT2D eigenvalue weighted by molar-refractivity contribution is -0.149. The van der Waals surface area contributed by atoms with Crippen LogP contribution in [0, 0.1) is 5.41 Å². The number of carbonyl (C=O) groups is 2. The van der Waals surface area contributed by atoms with Crippen molar-refractivity contribution in [3.8, 4) is 0 Å². The highest BCUT2D eigenvalue weighted by molar-refractivity contribution is 7.89. The molecule has 1 heterocycles. The Morgan fingerprint density at radius 1 is 1.32 bits per heavy atom. The Labute approximate surface area is 133 Å². The first-order valence-electron chi connectivity index (χ1n) is 6.76. The van der Waals surface area contributed by atoms with Gasteiger partial charge in [-0.3, -0.25) is 9.59 Å². The van der Waals surface area contributed by atoms with E-state index in [-0.39, 0.29) is 16.3 Å². The molecule has 9 heteroatoms. The molecule has 0 radical (unpaired) electrons. The number of amides is 1. The van der Waals surface area contributed by atoms with E-state index in [0.717, 1.165) is 11.3 Å². The molecule has 0 bridgehead atoms. The van der Waals surface area contributed by atoms with Gasteiger partial charge in [-0.05, 0) is 26.0 Å². The van der Waals surface area contributed by atoms with Crippen LogP contribution >= 0.6 is 11.3 Å². The van der Waals surface area contributed by atoms with E-state index in [1.807, 2.05) is 0 Å². The lowest BCUT2D eigenvalue weighted by atomic mass is 9.82. The number of hydrogen-bond donors (Lipinski definition) is 3. The average molecular weight is 348 g/mol. The van der Waals surface area contributed by atoms with Gasteiger partial charge in [-0.1, -0.05) is 13.8 Å². The Morgan fingerprint density at radius 2 is 1.91 bits per heavy atom. The number of aliphatic carboxylic acids is 1. The number of carboxylic acids is 1. The van der Waals surface area contributed by atoms with E-state index in [4.69, 9.17) is 0 Å². The Balaban J connectivity index is 2.85. The summed E-state index contributed by atoms with van der Waals surface area (Å²) in [5.74, 6) is -1.43. The molecule has 22 heavy (non-hydrogen) atoms. The van der Waals surface area contributed by atoms with Gasteiger partial charge in [0.15, 0.2) is 0 Å². The highest BCUT2D eigenvalue weighted by Crippen LogP contribution is 2.26. The molecule has 3 N–H and O–H groups in total. The predicted molar refractivity (Wildman–Crippen MR) is 83.5 cm³/mol. The molecule has 0 fully saturated rings. The van der Waals surface area contributed by atoms with Crippen LogP contribution in [-0.4, -0.2) is 39.0 Å². The largest absolute Gasteiger partial charge is 0.481 e. The molecule has 0 aromatic carbocycles. The molecule has 1 amide bonds. The fourth-order valence-electron chi connectivity index (χ4n) is 1.91. The first-order valence-corrected chi connectivity index (χ1v) is 9.12. The van der Waals surface area contributed by atoms with Crippen molar-refractivity contribution in [3.05, 3.63) is 16.3 Å². The van der Waals surface area contributed by atoms with Gasteiger partial charge in [0.2, 0.25) is 10.0 Å². The van der Waals surface area contributed by atoms with Crippen molar-refractivity contribution in [1.82, 2.24) is 10.0 Å². The number of rotatable bonds is 8. The summed E-state index contributed by atoms with van der Waals surface area (Å²) in [5, 5.41) is 13.3. The Morgan fingerprint density at radius 3 is 2.36 bits per heavy atom. The van der Waals surface area contributed by atoms with Gasteiger partial charge in [0.1, 0.15) is 0 Å². The molecule has 0 spiro atoms. The summed E-state index contributed by atoms with van der Waals surface area (Å²) in [5.41, 5.74) is -1.01. The van der Waals surface area contributed by atoms with Crippen LogP contribution in [0.2, 0.25) is 0 Å². The van der Waals surface area contributed by atoms with Gasteiger partial charge >= 0.3 is 5.97 Å². The Bertz CT molecular complexity index is 647. The summed E-state index contributed by atoms with van der Waals surface area (Å²) < 4.78 is 25.4. The highest BCUT2D eigenvalue weighted by atomic mass is 32.2. The van der Waals surface area contributed by atoms with Gasteiger partial charge in [0.25, 0.3) is 5.91 Å². The molecule has 0 aliphatic carbocycles. The molecule has 1 aromatic rings. The average Bonchev–Trinajstić information content (AvgIpc) is 2.99. The SMILES string of the molecule is CCC(CC)(CNC(=O)c1cc(S(=O)(=O)NC)cs1)C(=O)O. The molecule has 0 atom stereocenters. The van der Waals surface area contributed by atoms with Crippen molar-refractivity contribution >= 4 is 33.2 Å². The van der Waals surface area contributed by atoms with Crippen LogP contribution < -0.4 is 10.0 Å². The van der Waals surface area contributed by atoms with Crippen molar-refractivity contribution in [1.29, 1.82) is 0 Å². The second-order valence-corrected chi connectivity index (χ2v) is 7.63. The summed E-state index contributed by atoms with van der Waals surface area (Å²) in [4.78, 5) is 23.7. The maximum Gasteiger partial charge on any atom is 0.311 e. The van der Waals surface area contributed by atoms with Gasteiger partial charge in [0.05, 0.1) is 15.2 Å². The lowest BCUT2D eigenvalue weighted by Crippen LogP contribution is -2.42. The van der Waals surface area contributed by atoms with Crippen molar-refractivity contribution in [2.45, 2.75) is 31.6 Å². The van der Waals surface area contributed by atoms with Gasteiger partial charge in [0, 0.05) is 11.9 Å². The molecule has 0 saturated heterocycles. The van der Waals surface area contributed by atoms with E-state index in [1.165, 1.54) is 18.5 Å². The van der Waals surface area contributed by atoms with Crippen molar-refractivity contribution < 1.29 is 23.1 Å². The Hall–Kier alpha value is -1.45. The standard InChI is InChI=1S/C13H20N2O5S2/c1-4-13(5-2,12(17)18)8-15-11(16)10-6-9(7-21-10)22(19,20)14-3/h6-7,14H,4-5,8H2,1-3H3,(H,15,16)(H,17,18). The molecule has 0 aliphatic rings. The molecule has 1 aromatic heterocycles. The zero-order valence-corrected chi connectivity index (χ0v) is 14.3. The van der Waals surface area contributed by atoms with Gasteiger partial charge < -0.3 is 10.4 Å². The maximum atomic E-state index is 12.1. The number of hydrogen-bond acceptors (Lipinski definition) is 5. The smallest absolute Gasteiger partial charge is 0.311 e. The molecule has 0 saturated carbocycles. The molecule has 0 unspecified atom stereocenters. The monoisotopic (exact) mass is 348 g/mol. The van der Waals surface area contributed by atoms with Gasteiger partial charge in [-0.25, -0.2) is 13.1 Å². The van der Waals surface area contributed by atoms with Crippen LogP contribution in [0.15, 0.2) is 16.3 Å². The second-order valence-electron chi connectivity index (χ2n) is 4.83. The predicted octanol–water partition coefficient (Wildman–Crippen LogP) is 1.28. The molecule has 0 aliphatic heterocycles. The topological polar surface area (TPSA) is 113 Å². The third-order valence-electron chi connectivity index (χ3n) is 3.77. The highest BCUT2D eigenvalue weighted by Gasteiger charge is 2.35. The van der Waals surface area contributed by atoms with Crippen LogP contribution in [-0.2, 0) is 14.8 Å². The summed E-state index contributed by atoms with van der Waals surface area (Å²) in [7, 11) is -2.30. The number of carbonyl (C=O) groups excluding carboxylic acids is 1. The second kappa shape index (κ2) is 7.21. The third kappa shape index (κ3) is 3.84. The third-order valence-corrected chi connectivity index (χ3v) is 6.24. The summed E-state index contributed by atoms with van der Waals surface area (Å²) in [6.45, 7) is 3.51. The van der Waals surface area contributed by atoms with Crippen molar-refractivity contribution in [2.24, 2.45) is 5.41 Å². The van der Waals surface area contributed by atoms with Crippen molar-refractivity contribution in [3.63, 3.8) is 0 Å². The van der Waals surface area contributed by atoms with Crippen LogP contribution in [0.4, 0.5) is 0 Å². The van der Waals surface area contributed by atoms with E-state index < -0.39 is 27.3 Å². The fourth-order valence-corrected chi connectivity index (χ4v) is 3.83. The van der Waals surface area contributed by atoms with E-state index in [0.29, 0.717) is 12.8 Å². The fraction of sp³-hybridized carbons (Fsp3) is 0.538. The van der Waals surface area contributed by atoms with E-state index in [9.17, 15) is 23.1 Å². The summed E-state index contributed by atoms with van der Waals surface area (Å²) >= 11 is 0.995. The minimum Gasteiger partial charge on any atom is -0.481 e. The quantitative estimate of drug-likeness (QED) is 0.655.